The van der Waals surface area contributed by atoms with Gasteiger partial charge < -0.3 is 4.98 Å². The van der Waals surface area contributed by atoms with Crippen LogP contribution < -0.4 is 5.56 Å². The van der Waals surface area contributed by atoms with Crippen LogP contribution in [-0.2, 0) is 6.42 Å². The summed E-state index contributed by atoms with van der Waals surface area (Å²) in [5.41, 5.74) is 3.22. The number of pyridine rings is 1. The summed E-state index contributed by atoms with van der Waals surface area (Å²) in [7, 11) is 0. The summed E-state index contributed by atoms with van der Waals surface area (Å²) >= 11 is 0. The lowest BCUT2D eigenvalue weighted by atomic mass is 10.0. The Morgan fingerprint density at radius 3 is 2.39 bits per heavy atom. The Kier molecular flexibility index (Phi) is 3.98. The molecule has 1 heterocycles. The highest BCUT2D eigenvalue weighted by Crippen LogP contribution is 2.17. The molecule has 1 N–H and O–H groups in total. The fraction of sp³-hybridized carbons (Fsp3) is 0.312. The van der Waals surface area contributed by atoms with Gasteiger partial charge in [-0.1, -0.05) is 44.2 Å². The van der Waals surface area contributed by atoms with Gasteiger partial charge in [0.2, 0.25) is 5.56 Å². The molecule has 0 amide bonds. The molecule has 18 heavy (non-hydrogen) atoms. The minimum absolute atomic E-state index is 0.0589. The first-order valence-electron chi connectivity index (χ1n) is 6.44. The summed E-state index contributed by atoms with van der Waals surface area (Å²) in [6.45, 7) is 4.48. The SMILES string of the molecule is CC(C)CCc1ccc(-c2cccc(=O)[nH]2)cc1. The van der Waals surface area contributed by atoms with E-state index in [0.717, 1.165) is 23.6 Å². The Morgan fingerprint density at radius 1 is 1.06 bits per heavy atom. The minimum atomic E-state index is -0.0589. The Morgan fingerprint density at radius 2 is 1.78 bits per heavy atom. The van der Waals surface area contributed by atoms with Gasteiger partial charge in [-0.3, -0.25) is 4.79 Å². The molecular weight excluding hydrogens is 222 g/mol. The number of H-pyrrole nitrogens is 1. The highest BCUT2D eigenvalue weighted by atomic mass is 16.1. The summed E-state index contributed by atoms with van der Waals surface area (Å²) in [6.07, 6.45) is 2.32. The molecule has 0 aliphatic carbocycles. The molecule has 0 aliphatic heterocycles. The molecule has 0 fully saturated rings. The summed E-state index contributed by atoms with van der Waals surface area (Å²) < 4.78 is 0. The van der Waals surface area contributed by atoms with Crippen LogP contribution in [0.4, 0.5) is 0 Å². The van der Waals surface area contributed by atoms with Gasteiger partial charge in [0.15, 0.2) is 0 Å². The van der Waals surface area contributed by atoms with Crippen LogP contribution in [0.1, 0.15) is 25.8 Å². The van der Waals surface area contributed by atoms with Crippen molar-refractivity contribution in [3.05, 3.63) is 58.4 Å². The van der Waals surface area contributed by atoms with Gasteiger partial charge in [0.25, 0.3) is 0 Å². The lowest BCUT2D eigenvalue weighted by Gasteiger charge is -2.06. The summed E-state index contributed by atoms with van der Waals surface area (Å²) in [5.74, 6) is 0.732. The van der Waals surface area contributed by atoms with E-state index >= 15 is 0 Å². The third kappa shape index (κ3) is 3.33. The number of hydrogen-bond acceptors (Lipinski definition) is 1. The maximum absolute atomic E-state index is 11.3. The van der Waals surface area contributed by atoms with Crippen molar-refractivity contribution in [2.75, 3.05) is 0 Å². The Bertz CT molecular complexity index is 552. The van der Waals surface area contributed by atoms with Crippen molar-refractivity contribution in [1.29, 1.82) is 0 Å². The molecule has 2 rings (SSSR count). The Balaban J connectivity index is 2.15. The van der Waals surface area contributed by atoms with E-state index in [-0.39, 0.29) is 5.56 Å². The van der Waals surface area contributed by atoms with Crippen molar-refractivity contribution in [3.63, 3.8) is 0 Å². The number of benzene rings is 1. The third-order valence-corrected chi connectivity index (χ3v) is 3.04. The predicted octanol–water partition coefficient (Wildman–Crippen LogP) is 3.63. The van der Waals surface area contributed by atoms with Gasteiger partial charge in [-0.25, -0.2) is 0 Å². The van der Waals surface area contributed by atoms with Crippen LogP contribution in [0.3, 0.4) is 0 Å². The topological polar surface area (TPSA) is 32.9 Å². The summed E-state index contributed by atoms with van der Waals surface area (Å²) in [5, 5.41) is 0. The van der Waals surface area contributed by atoms with Gasteiger partial charge in [-0.2, -0.15) is 0 Å². The van der Waals surface area contributed by atoms with Crippen molar-refractivity contribution in [3.8, 4) is 11.3 Å². The first-order valence-corrected chi connectivity index (χ1v) is 6.44. The number of aryl methyl sites for hydroxylation is 1. The van der Waals surface area contributed by atoms with Crippen molar-refractivity contribution in [2.24, 2.45) is 5.92 Å². The first kappa shape index (κ1) is 12.6. The molecule has 0 aliphatic rings. The van der Waals surface area contributed by atoms with Crippen LogP contribution in [0, 0.1) is 5.92 Å². The molecule has 0 radical (unpaired) electrons. The number of aromatic nitrogens is 1. The van der Waals surface area contributed by atoms with E-state index in [2.05, 4.69) is 43.1 Å². The van der Waals surface area contributed by atoms with E-state index in [1.54, 1.807) is 6.07 Å². The normalized spacial score (nSPS) is 10.8. The average Bonchev–Trinajstić information content (AvgIpc) is 2.37. The summed E-state index contributed by atoms with van der Waals surface area (Å²) in [4.78, 5) is 14.1. The van der Waals surface area contributed by atoms with Gasteiger partial charge >= 0.3 is 0 Å². The molecule has 1 aromatic heterocycles. The zero-order valence-electron chi connectivity index (χ0n) is 10.9. The Hall–Kier alpha value is -1.83. The van der Waals surface area contributed by atoms with Crippen LogP contribution in [0.2, 0.25) is 0 Å². The number of aromatic amines is 1. The molecule has 0 saturated heterocycles. The average molecular weight is 241 g/mol. The fourth-order valence-electron chi connectivity index (χ4n) is 1.92. The van der Waals surface area contributed by atoms with E-state index in [4.69, 9.17) is 0 Å². The van der Waals surface area contributed by atoms with Crippen LogP contribution in [0.15, 0.2) is 47.3 Å². The molecule has 0 spiro atoms. The van der Waals surface area contributed by atoms with Gasteiger partial charge in [0.1, 0.15) is 0 Å². The van der Waals surface area contributed by atoms with E-state index in [0.29, 0.717) is 0 Å². The molecule has 1 aromatic carbocycles. The van der Waals surface area contributed by atoms with E-state index in [1.165, 1.54) is 18.1 Å². The molecule has 2 aromatic rings. The van der Waals surface area contributed by atoms with Crippen LogP contribution in [0.25, 0.3) is 11.3 Å². The zero-order valence-corrected chi connectivity index (χ0v) is 10.9. The lowest BCUT2D eigenvalue weighted by molar-refractivity contribution is 0.587. The fourth-order valence-corrected chi connectivity index (χ4v) is 1.92. The first-order chi connectivity index (χ1) is 8.65. The van der Waals surface area contributed by atoms with E-state index in [9.17, 15) is 4.79 Å². The smallest absolute Gasteiger partial charge is 0.248 e. The third-order valence-electron chi connectivity index (χ3n) is 3.04. The molecule has 0 atom stereocenters. The molecule has 0 bridgehead atoms. The molecule has 0 saturated carbocycles. The maximum atomic E-state index is 11.3. The van der Waals surface area contributed by atoms with Gasteiger partial charge in [-0.05, 0) is 36.0 Å². The second kappa shape index (κ2) is 5.67. The van der Waals surface area contributed by atoms with E-state index < -0.39 is 0 Å². The van der Waals surface area contributed by atoms with Crippen molar-refractivity contribution in [2.45, 2.75) is 26.7 Å². The Labute approximate surface area is 108 Å². The second-order valence-electron chi connectivity index (χ2n) is 5.06. The van der Waals surface area contributed by atoms with Crippen LogP contribution >= 0.6 is 0 Å². The largest absolute Gasteiger partial charge is 0.322 e. The standard InChI is InChI=1S/C16H19NO/c1-12(2)6-7-13-8-10-14(11-9-13)15-4-3-5-16(18)17-15/h3-5,8-12H,6-7H2,1-2H3,(H,17,18). The summed E-state index contributed by atoms with van der Waals surface area (Å²) in [6, 6.07) is 13.7. The van der Waals surface area contributed by atoms with Crippen molar-refractivity contribution >= 4 is 0 Å². The number of rotatable bonds is 4. The molecule has 94 valence electrons. The van der Waals surface area contributed by atoms with Gasteiger partial charge in [0.05, 0.1) is 0 Å². The van der Waals surface area contributed by atoms with Crippen LogP contribution in [-0.4, -0.2) is 4.98 Å². The number of nitrogens with one attached hydrogen (secondary N) is 1. The molecule has 2 heteroatoms. The number of hydrogen-bond donors (Lipinski definition) is 1. The predicted molar refractivity (Wildman–Crippen MR) is 75.7 cm³/mol. The highest BCUT2D eigenvalue weighted by Gasteiger charge is 2.00. The van der Waals surface area contributed by atoms with E-state index in [1.807, 2.05) is 6.07 Å². The molecule has 2 nitrogen and oxygen atoms in total. The van der Waals surface area contributed by atoms with Crippen LogP contribution in [0.5, 0.6) is 0 Å². The van der Waals surface area contributed by atoms with Gasteiger partial charge in [0, 0.05) is 11.8 Å². The maximum Gasteiger partial charge on any atom is 0.248 e. The quantitative estimate of drug-likeness (QED) is 0.871. The van der Waals surface area contributed by atoms with Crippen molar-refractivity contribution < 1.29 is 0 Å². The zero-order chi connectivity index (χ0) is 13.0. The van der Waals surface area contributed by atoms with Crippen molar-refractivity contribution in [1.82, 2.24) is 4.98 Å². The highest BCUT2D eigenvalue weighted by molar-refractivity contribution is 5.58. The van der Waals surface area contributed by atoms with Gasteiger partial charge in [-0.15, -0.1) is 0 Å². The molecule has 0 unspecified atom stereocenters. The monoisotopic (exact) mass is 241 g/mol. The lowest BCUT2D eigenvalue weighted by Crippen LogP contribution is -2.03. The molecular formula is C16H19NO. The second-order valence-corrected chi connectivity index (χ2v) is 5.06. The minimum Gasteiger partial charge on any atom is -0.322 e.